The van der Waals surface area contributed by atoms with E-state index in [1.165, 1.54) is 17.7 Å². The van der Waals surface area contributed by atoms with E-state index in [0.717, 1.165) is 17.5 Å². The molecule has 21 heavy (non-hydrogen) atoms. The topological polar surface area (TPSA) is 0 Å². The molecule has 3 heteroatoms. The molecule has 0 saturated heterocycles. The Morgan fingerprint density at radius 2 is 1.76 bits per heavy atom. The molecule has 0 bridgehead atoms. The third-order valence-corrected chi connectivity index (χ3v) is 5.28. The van der Waals surface area contributed by atoms with Gasteiger partial charge in [0.2, 0.25) is 0 Å². The Labute approximate surface area is 139 Å². The van der Waals surface area contributed by atoms with Crippen LogP contribution in [0.1, 0.15) is 49.3 Å². The summed E-state index contributed by atoms with van der Waals surface area (Å²) >= 11 is 9.92. The van der Waals surface area contributed by atoms with E-state index in [0.29, 0.717) is 4.47 Å². The maximum atomic E-state index is 13.2. The van der Waals surface area contributed by atoms with Crippen molar-refractivity contribution < 1.29 is 4.39 Å². The van der Waals surface area contributed by atoms with Crippen LogP contribution in [0.5, 0.6) is 0 Å². The lowest BCUT2D eigenvalue weighted by Crippen LogP contribution is -2.15. The van der Waals surface area contributed by atoms with Gasteiger partial charge in [-0.3, -0.25) is 0 Å². The van der Waals surface area contributed by atoms with Gasteiger partial charge in [-0.2, -0.15) is 0 Å². The van der Waals surface area contributed by atoms with Crippen molar-refractivity contribution in [2.45, 2.75) is 38.0 Å². The molecule has 0 amide bonds. The molecule has 0 aliphatic rings. The average Bonchev–Trinajstić information content (AvgIpc) is 2.47. The summed E-state index contributed by atoms with van der Waals surface area (Å²) in [5, 5.41) is -0.293. The van der Waals surface area contributed by atoms with Gasteiger partial charge < -0.3 is 0 Å². The number of halogens is 3. The predicted octanol–water partition coefficient (Wildman–Crippen LogP) is 6.60. The van der Waals surface area contributed by atoms with E-state index in [4.69, 9.17) is 11.6 Å². The van der Waals surface area contributed by atoms with Crippen LogP contribution in [0.15, 0.2) is 46.9 Å². The fraction of sp³-hybridized carbons (Fsp3) is 0.333. The zero-order valence-corrected chi connectivity index (χ0v) is 14.8. The van der Waals surface area contributed by atoms with Crippen LogP contribution in [0.3, 0.4) is 0 Å². The minimum Gasteiger partial charge on any atom is -0.207 e. The fourth-order valence-electron chi connectivity index (χ4n) is 2.19. The van der Waals surface area contributed by atoms with Gasteiger partial charge in [0.05, 0.1) is 5.38 Å². The molecular formula is C18H19BrClF. The standard InChI is InChI=1S/C18H19BrClF/c1-4-18(2,3)13-7-5-12(6-8-13)17(20)15-10-9-14(21)11-16(15)19/h5-11,17H,4H2,1-3H3. The monoisotopic (exact) mass is 368 g/mol. The first-order valence-electron chi connectivity index (χ1n) is 7.04. The van der Waals surface area contributed by atoms with Crippen LogP contribution in [-0.4, -0.2) is 0 Å². The van der Waals surface area contributed by atoms with E-state index in [9.17, 15) is 4.39 Å². The number of hydrogen-bond acceptors (Lipinski definition) is 0. The molecule has 2 aromatic carbocycles. The van der Waals surface area contributed by atoms with Crippen molar-refractivity contribution >= 4 is 27.5 Å². The van der Waals surface area contributed by atoms with Gasteiger partial charge in [0.25, 0.3) is 0 Å². The van der Waals surface area contributed by atoms with Crippen LogP contribution in [0.25, 0.3) is 0 Å². The minimum atomic E-state index is -0.293. The van der Waals surface area contributed by atoms with Gasteiger partial charge in [0.1, 0.15) is 5.82 Å². The highest BCUT2D eigenvalue weighted by Gasteiger charge is 2.19. The second-order valence-electron chi connectivity index (χ2n) is 5.89. The minimum absolute atomic E-state index is 0.163. The Kier molecular flexibility index (Phi) is 5.11. The van der Waals surface area contributed by atoms with Gasteiger partial charge in [-0.05, 0) is 40.7 Å². The molecule has 0 nitrogen and oxygen atoms in total. The second kappa shape index (κ2) is 6.50. The Morgan fingerprint density at radius 1 is 1.14 bits per heavy atom. The van der Waals surface area contributed by atoms with Gasteiger partial charge >= 0.3 is 0 Å². The summed E-state index contributed by atoms with van der Waals surface area (Å²) in [6.45, 7) is 6.65. The smallest absolute Gasteiger partial charge is 0.124 e. The summed E-state index contributed by atoms with van der Waals surface area (Å²) in [7, 11) is 0. The van der Waals surface area contributed by atoms with Crippen LogP contribution >= 0.6 is 27.5 Å². The highest BCUT2D eigenvalue weighted by molar-refractivity contribution is 9.10. The number of alkyl halides is 1. The van der Waals surface area contributed by atoms with Crippen LogP contribution in [0.4, 0.5) is 4.39 Å². The van der Waals surface area contributed by atoms with Gasteiger partial charge in [-0.15, -0.1) is 11.6 Å². The van der Waals surface area contributed by atoms with Crippen molar-refractivity contribution in [3.8, 4) is 0 Å². The highest BCUT2D eigenvalue weighted by atomic mass is 79.9. The molecule has 0 fully saturated rings. The first kappa shape index (κ1) is 16.5. The normalized spacial score (nSPS) is 13.2. The maximum Gasteiger partial charge on any atom is 0.124 e. The molecule has 0 aliphatic carbocycles. The number of rotatable bonds is 4. The zero-order valence-electron chi connectivity index (χ0n) is 12.5. The van der Waals surface area contributed by atoms with E-state index in [2.05, 4.69) is 61.0 Å². The van der Waals surface area contributed by atoms with E-state index in [-0.39, 0.29) is 16.6 Å². The largest absolute Gasteiger partial charge is 0.207 e. The summed E-state index contributed by atoms with van der Waals surface area (Å²) in [5.74, 6) is -0.269. The second-order valence-corrected chi connectivity index (χ2v) is 7.18. The first-order chi connectivity index (χ1) is 9.85. The molecule has 1 atom stereocenters. The molecule has 0 aromatic heterocycles. The van der Waals surface area contributed by atoms with Gasteiger partial charge in [-0.25, -0.2) is 4.39 Å². The molecule has 0 saturated carbocycles. The molecule has 0 radical (unpaired) electrons. The fourth-order valence-corrected chi connectivity index (χ4v) is 3.24. The highest BCUT2D eigenvalue weighted by Crippen LogP contribution is 2.35. The average molecular weight is 370 g/mol. The predicted molar refractivity (Wildman–Crippen MR) is 91.6 cm³/mol. The summed E-state index contributed by atoms with van der Waals surface area (Å²) in [4.78, 5) is 0. The van der Waals surface area contributed by atoms with E-state index in [1.807, 2.05) is 0 Å². The van der Waals surface area contributed by atoms with Crippen LogP contribution in [0, 0.1) is 5.82 Å². The summed E-state index contributed by atoms with van der Waals surface area (Å²) in [6, 6.07) is 13.0. The summed E-state index contributed by atoms with van der Waals surface area (Å²) in [5.41, 5.74) is 3.35. The number of hydrogen-bond donors (Lipinski definition) is 0. The molecule has 2 aromatic rings. The molecule has 2 rings (SSSR count). The summed E-state index contributed by atoms with van der Waals surface area (Å²) in [6.07, 6.45) is 1.08. The van der Waals surface area contributed by atoms with Gasteiger partial charge in [0, 0.05) is 4.47 Å². The van der Waals surface area contributed by atoms with E-state index < -0.39 is 0 Å². The quantitative estimate of drug-likeness (QED) is 0.532. The summed E-state index contributed by atoms with van der Waals surface area (Å²) < 4.78 is 13.9. The van der Waals surface area contributed by atoms with Crippen molar-refractivity contribution in [1.29, 1.82) is 0 Å². The first-order valence-corrected chi connectivity index (χ1v) is 8.27. The molecule has 0 aliphatic heterocycles. The Hall–Kier alpha value is -0.860. The Balaban J connectivity index is 2.30. The van der Waals surface area contributed by atoms with Gasteiger partial charge in [-0.1, -0.05) is 67.0 Å². The van der Waals surface area contributed by atoms with Crippen molar-refractivity contribution in [3.05, 3.63) is 69.4 Å². The molecule has 0 spiro atoms. The molecule has 0 N–H and O–H groups in total. The Morgan fingerprint density at radius 3 is 2.29 bits per heavy atom. The maximum absolute atomic E-state index is 13.2. The molecule has 1 unspecified atom stereocenters. The Bertz CT molecular complexity index is 620. The van der Waals surface area contributed by atoms with Crippen molar-refractivity contribution in [1.82, 2.24) is 0 Å². The zero-order chi connectivity index (χ0) is 15.6. The van der Waals surface area contributed by atoms with Crippen molar-refractivity contribution in [2.75, 3.05) is 0 Å². The van der Waals surface area contributed by atoms with Crippen molar-refractivity contribution in [3.63, 3.8) is 0 Å². The van der Waals surface area contributed by atoms with Crippen LogP contribution in [-0.2, 0) is 5.41 Å². The molecule has 112 valence electrons. The lowest BCUT2D eigenvalue weighted by atomic mass is 9.82. The van der Waals surface area contributed by atoms with E-state index >= 15 is 0 Å². The SMILES string of the molecule is CCC(C)(C)c1ccc(C(Cl)c2ccc(F)cc2Br)cc1. The lowest BCUT2D eigenvalue weighted by Gasteiger charge is -2.24. The van der Waals surface area contributed by atoms with Crippen molar-refractivity contribution in [2.24, 2.45) is 0 Å². The number of benzene rings is 2. The molecular weight excluding hydrogens is 351 g/mol. The molecule has 0 heterocycles. The van der Waals surface area contributed by atoms with Crippen LogP contribution in [0.2, 0.25) is 0 Å². The van der Waals surface area contributed by atoms with E-state index in [1.54, 1.807) is 6.07 Å². The van der Waals surface area contributed by atoms with Gasteiger partial charge in [0.15, 0.2) is 0 Å². The lowest BCUT2D eigenvalue weighted by molar-refractivity contribution is 0.506. The third kappa shape index (κ3) is 3.67. The van der Waals surface area contributed by atoms with Crippen LogP contribution < -0.4 is 0 Å². The third-order valence-electron chi connectivity index (χ3n) is 4.10.